The topological polar surface area (TPSA) is 38.8 Å². The molecule has 5 aromatic carbocycles. The molecular weight excluding hydrogens is 501 g/mol. The number of benzene rings is 5. The Kier molecular flexibility index (Phi) is 6.06. The molecule has 6 aromatic rings. The summed E-state index contributed by atoms with van der Waals surface area (Å²) in [6.45, 7) is 2.23. The molecule has 0 amide bonds. The molecule has 0 spiro atoms. The lowest BCUT2D eigenvalue weighted by Crippen LogP contribution is -2.29. The summed E-state index contributed by atoms with van der Waals surface area (Å²) >= 11 is 0. The normalized spacial score (nSPS) is 14.8. The van der Waals surface area contributed by atoms with Crippen LogP contribution in [-0.4, -0.2) is 13.2 Å². The molecule has 0 saturated heterocycles. The standard InChI is InChI=1S/C34H30NO3P/c1-3-4-13-26-20-17-25-12-9-16-31(36-2)34(25)35(26)39-37-29-21-18-23-10-5-7-14-27(23)32(29)33-28-15-8-6-11-24(28)19-22-30(33)38-39/h5-12,14-22,26H,3-4,13H2,1-2H3/t26-/m0/s1. The van der Waals surface area contributed by atoms with E-state index in [0.717, 1.165) is 69.0 Å². The van der Waals surface area contributed by atoms with E-state index in [9.17, 15) is 0 Å². The number of rotatable bonds is 5. The summed E-state index contributed by atoms with van der Waals surface area (Å²) in [4.78, 5) is 0. The zero-order valence-corrected chi connectivity index (χ0v) is 23.0. The van der Waals surface area contributed by atoms with E-state index >= 15 is 0 Å². The van der Waals surface area contributed by atoms with Crippen LogP contribution < -0.4 is 9.41 Å². The summed E-state index contributed by atoms with van der Waals surface area (Å²) in [7, 11) is 0.171. The summed E-state index contributed by atoms with van der Waals surface area (Å²) in [5.74, 6) is 0.828. The van der Waals surface area contributed by atoms with Crippen molar-refractivity contribution < 1.29 is 13.1 Å². The second-order valence-electron chi connectivity index (χ2n) is 10.1. The summed E-state index contributed by atoms with van der Waals surface area (Å²) in [5, 5.41) is 6.85. The number of anilines is 1. The summed E-state index contributed by atoms with van der Waals surface area (Å²) in [6.07, 6.45) is 7.75. The molecule has 1 aliphatic heterocycles. The van der Waals surface area contributed by atoms with Crippen LogP contribution in [0.5, 0.6) is 5.75 Å². The lowest BCUT2D eigenvalue weighted by atomic mass is 9.99. The molecule has 194 valence electrons. The van der Waals surface area contributed by atoms with E-state index in [4.69, 9.17) is 13.1 Å². The van der Waals surface area contributed by atoms with E-state index in [2.05, 4.69) is 103 Å². The van der Waals surface area contributed by atoms with Crippen molar-refractivity contribution in [1.82, 2.24) is 0 Å². The van der Waals surface area contributed by atoms with Crippen LogP contribution >= 0.6 is 8.16 Å². The Hall–Kier alpha value is -4.14. The fraction of sp³-hybridized carbons (Fsp3) is 0.176. The molecule has 4 nitrogen and oxygen atoms in total. The van der Waals surface area contributed by atoms with Gasteiger partial charge in [0, 0.05) is 16.3 Å². The molecule has 0 radical (unpaired) electrons. The Morgan fingerprint density at radius 3 is 2.03 bits per heavy atom. The molecule has 1 aromatic heterocycles. The number of unbranched alkanes of at least 4 members (excludes halogenated alkanes) is 1. The summed E-state index contributed by atoms with van der Waals surface area (Å²) < 4.78 is 22.2. The van der Waals surface area contributed by atoms with Crippen LogP contribution in [0.4, 0.5) is 5.69 Å². The SMILES string of the molecule is CCCC[C@H]1C=Cc2cccc(OC)c2N1p1oc2ccc3ccccc3c2c2c(ccc3ccccc32)o1. The molecule has 1 aliphatic rings. The van der Waals surface area contributed by atoms with Gasteiger partial charge in [0.05, 0.1) is 18.8 Å². The minimum atomic E-state index is -1.56. The zero-order valence-electron chi connectivity index (χ0n) is 22.1. The van der Waals surface area contributed by atoms with E-state index in [1.165, 1.54) is 10.8 Å². The number of methoxy groups -OCH3 is 1. The molecular formula is C34H30NO3P. The van der Waals surface area contributed by atoms with E-state index < -0.39 is 8.16 Å². The van der Waals surface area contributed by atoms with Crippen molar-refractivity contribution in [3.05, 3.63) is 103 Å². The predicted molar refractivity (Wildman–Crippen MR) is 165 cm³/mol. The van der Waals surface area contributed by atoms with Gasteiger partial charge in [-0.2, -0.15) is 0 Å². The highest BCUT2D eigenvalue weighted by Crippen LogP contribution is 2.50. The first-order valence-corrected chi connectivity index (χ1v) is 14.7. The second kappa shape index (κ2) is 9.87. The van der Waals surface area contributed by atoms with Gasteiger partial charge in [0.1, 0.15) is 16.9 Å². The molecule has 1 atom stereocenters. The Balaban J connectivity index is 1.63. The highest BCUT2D eigenvalue weighted by atomic mass is 31.1. The van der Waals surface area contributed by atoms with Gasteiger partial charge in [0.15, 0.2) is 0 Å². The Bertz CT molecular complexity index is 1830. The second-order valence-corrected chi connectivity index (χ2v) is 11.3. The molecule has 0 saturated carbocycles. The van der Waals surface area contributed by atoms with Crippen molar-refractivity contribution in [2.75, 3.05) is 11.8 Å². The van der Waals surface area contributed by atoms with Gasteiger partial charge in [0.2, 0.25) is 0 Å². The fourth-order valence-corrected chi connectivity index (χ4v) is 7.49. The largest absolute Gasteiger partial charge is 0.495 e. The van der Waals surface area contributed by atoms with Gasteiger partial charge in [-0.3, -0.25) is 4.67 Å². The number of fused-ring (bicyclic) bond motifs is 8. The van der Waals surface area contributed by atoms with Crippen LogP contribution in [0.15, 0.2) is 105 Å². The highest BCUT2D eigenvalue weighted by Gasteiger charge is 2.30. The first-order chi connectivity index (χ1) is 19.3. The smallest absolute Gasteiger partial charge is 0.342 e. The first-order valence-electron chi connectivity index (χ1n) is 13.6. The van der Waals surface area contributed by atoms with Crippen LogP contribution in [0.3, 0.4) is 0 Å². The van der Waals surface area contributed by atoms with Gasteiger partial charge < -0.3 is 13.1 Å². The van der Waals surface area contributed by atoms with E-state index in [-0.39, 0.29) is 6.04 Å². The molecule has 39 heavy (non-hydrogen) atoms. The van der Waals surface area contributed by atoms with E-state index in [1.807, 2.05) is 12.1 Å². The summed E-state index contributed by atoms with van der Waals surface area (Å²) in [6, 6.07) is 31.9. The molecule has 2 heterocycles. The minimum Gasteiger partial charge on any atom is -0.495 e. The first kappa shape index (κ1) is 23.9. The molecule has 0 bridgehead atoms. The van der Waals surface area contributed by atoms with Crippen molar-refractivity contribution in [2.45, 2.75) is 32.2 Å². The van der Waals surface area contributed by atoms with E-state index in [1.54, 1.807) is 7.11 Å². The van der Waals surface area contributed by atoms with E-state index in [0.29, 0.717) is 0 Å². The van der Waals surface area contributed by atoms with Gasteiger partial charge in [-0.25, -0.2) is 0 Å². The van der Waals surface area contributed by atoms with Crippen molar-refractivity contribution in [3.63, 3.8) is 0 Å². The average molecular weight is 532 g/mol. The maximum Gasteiger partial charge on any atom is 0.342 e. The molecule has 0 fully saturated rings. The third-order valence-electron chi connectivity index (χ3n) is 7.71. The van der Waals surface area contributed by atoms with Crippen LogP contribution in [0.1, 0.15) is 31.7 Å². The van der Waals surface area contributed by atoms with Crippen molar-refractivity contribution in [2.24, 2.45) is 0 Å². The lowest BCUT2D eigenvalue weighted by Gasteiger charge is -2.33. The quantitative estimate of drug-likeness (QED) is 0.222. The van der Waals surface area contributed by atoms with Crippen LogP contribution in [0, 0.1) is 0 Å². The lowest BCUT2D eigenvalue weighted by molar-refractivity contribution is 0.414. The maximum absolute atomic E-state index is 6.98. The predicted octanol–water partition coefficient (Wildman–Crippen LogP) is 10.5. The molecule has 0 unspecified atom stereocenters. The van der Waals surface area contributed by atoms with Gasteiger partial charge in [-0.15, -0.1) is 0 Å². The number of hydrogen-bond acceptors (Lipinski definition) is 4. The maximum atomic E-state index is 6.98. The number of hydrogen-bond donors (Lipinski definition) is 0. The molecule has 0 aliphatic carbocycles. The minimum absolute atomic E-state index is 0.130. The Labute approximate surface area is 228 Å². The molecule has 0 N–H and O–H groups in total. The number of para-hydroxylation sites is 1. The molecule has 5 heteroatoms. The number of nitrogens with zero attached hydrogens (tertiary/aromatic N) is 1. The highest BCUT2D eigenvalue weighted by molar-refractivity contribution is 7.39. The van der Waals surface area contributed by atoms with Gasteiger partial charge in [-0.1, -0.05) is 105 Å². The molecule has 7 rings (SSSR count). The van der Waals surface area contributed by atoms with Gasteiger partial charge in [-0.05, 0) is 46.2 Å². The monoisotopic (exact) mass is 531 g/mol. The fourth-order valence-electron chi connectivity index (χ4n) is 5.83. The van der Waals surface area contributed by atoms with Crippen molar-refractivity contribution in [1.29, 1.82) is 0 Å². The Morgan fingerprint density at radius 2 is 1.41 bits per heavy atom. The summed E-state index contributed by atoms with van der Waals surface area (Å²) in [5.41, 5.74) is 3.82. The van der Waals surface area contributed by atoms with Crippen molar-refractivity contribution >= 4 is 63.4 Å². The van der Waals surface area contributed by atoms with Crippen molar-refractivity contribution in [3.8, 4) is 5.75 Å². The van der Waals surface area contributed by atoms with Gasteiger partial charge in [0.25, 0.3) is 0 Å². The van der Waals surface area contributed by atoms with Crippen LogP contribution in [-0.2, 0) is 0 Å². The third kappa shape index (κ3) is 3.99. The van der Waals surface area contributed by atoms with Crippen LogP contribution in [0.25, 0.3) is 49.6 Å². The third-order valence-corrected chi connectivity index (χ3v) is 9.26. The van der Waals surface area contributed by atoms with Gasteiger partial charge >= 0.3 is 8.16 Å². The van der Waals surface area contributed by atoms with Crippen LogP contribution in [0.2, 0.25) is 0 Å². The zero-order chi connectivity index (χ0) is 26.3. The average Bonchev–Trinajstić information content (AvgIpc) is 3.16. The Morgan fingerprint density at radius 1 is 0.769 bits per heavy atom. The number of ether oxygens (including phenoxy) is 1.